The van der Waals surface area contributed by atoms with E-state index >= 15 is 0 Å². The lowest BCUT2D eigenvalue weighted by Crippen LogP contribution is -2.30. The summed E-state index contributed by atoms with van der Waals surface area (Å²) in [6.45, 7) is -0.241. The van der Waals surface area contributed by atoms with Gasteiger partial charge >= 0.3 is 0 Å². The summed E-state index contributed by atoms with van der Waals surface area (Å²) >= 11 is 0. The molecule has 0 saturated carbocycles. The highest BCUT2D eigenvalue weighted by molar-refractivity contribution is 5.78. The van der Waals surface area contributed by atoms with Gasteiger partial charge in [0.25, 0.3) is 6.43 Å². The van der Waals surface area contributed by atoms with Gasteiger partial charge < -0.3 is 10.1 Å². The Balaban J connectivity index is 1.83. The Labute approximate surface area is 123 Å². The van der Waals surface area contributed by atoms with Crippen LogP contribution in [0.5, 0.6) is 5.75 Å². The van der Waals surface area contributed by atoms with Crippen LogP contribution in [0.4, 0.5) is 8.78 Å². The second-order valence-electron chi connectivity index (χ2n) is 5.05. The minimum atomic E-state index is -2.49. The number of benzene rings is 1. The predicted molar refractivity (Wildman–Crippen MR) is 76.3 cm³/mol. The summed E-state index contributed by atoms with van der Waals surface area (Å²) in [4.78, 5) is 12.0. The van der Waals surface area contributed by atoms with Crippen molar-refractivity contribution < 1.29 is 18.3 Å². The van der Waals surface area contributed by atoms with Crippen LogP contribution < -0.4 is 10.1 Å². The first-order valence-electron chi connectivity index (χ1n) is 7.08. The zero-order valence-electron chi connectivity index (χ0n) is 11.7. The third-order valence-corrected chi connectivity index (χ3v) is 3.38. The van der Waals surface area contributed by atoms with Crippen LogP contribution in [0.2, 0.25) is 0 Å². The number of ether oxygens (including phenoxy) is 1. The number of hydrogen-bond acceptors (Lipinski definition) is 2. The molecule has 0 heterocycles. The van der Waals surface area contributed by atoms with Crippen molar-refractivity contribution in [3.8, 4) is 5.75 Å². The van der Waals surface area contributed by atoms with Crippen molar-refractivity contribution >= 4 is 5.91 Å². The Morgan fingerprint density at radius 2 is 2.24 bits per heavy atom. The summed E-state index contributed by atoms with van der Waals surface area (Å²) in [6, 6.07) is 6.85. The fraction of sp³-hybridized carbons (Fsp3) is 0.438. The maximum absolute atomic E-state index is 12.1. The van der Waals surface area contributed by atoms with Crippen LogP contribution in [0.1, 0.15) is 24.8 Å². The SMILES string of the molecule is O=C(NCc1cccc(OCC(F)F)c1)[C@@H]1CC=CCC1. The number of alkyl halides is 2. The highest BCUT2D eigenvalue weighted by atomic mass is 19.3. The fourth-order valence-corrected chi connectivity index (χ4v) is 2.27. The molecule has 1 atom stereocenters. The quantitative estimate of drug-likeness (QED) is 0.818. The van der Waals surface area contributed by atoms with Crippen molar-refractivity contribution in [3.63, 3.8) is 0 Å². The van der Waals surface area contributed by atoms with Gasteiger partial charge in [0.2, 0.25) is 5.91 Å². The minimum Gasteiger partial charge on any atom is -0.488 e. The minimum absolute atomic E-state index is 0.0354. The Hall–Kier alpha value is -1.91. The molecule has 0 saturated heterocycles. The van der Waals surface area contributed by atoms with E-state index < -0.39 is 13.0 Å². The highest BCUT2D eigenvalue weighted by Gasteiger charge is 2.18. The first kappa shape index (κ1) is 15.5. The molecule has 0 bridgehead atoms. The van der Waals surface area contributed by atoms with Gasteiger partial charge in [-0.1, -0.05) is 24.3 Å². The normalized spacial score (nSPS) is 17.8. The van der Waals surface area contributed by atoms with Gasteiger partial charge in [0.1, 0.15) is 12.4 Å². The molecular weight excluding hydrogens is 276 g/mol. The van der Waals surface area contributed by atoms with E-state index in [2.05, 4.69) is 11.4 Å². The van der Waals surface area contributed by atoms with Crippen LogP contribution in [0.25, 0.3) is 0 Å². The van der Waals surface area contributed by atoms with Gasteiger partial charge in [-0.05, 0) is 37.0 Å². The predicted octanol–water partition coefficient (Wildman–Crippen LogP) is 3.30. The Morgan fingerprint density at radius 1 is 1.38 bits per heavy atom. The molecule has 1 aliphatic carbocycles. The second kappa shape index (κ2) is 7.76. The molecule has 5 heteroatoms. The Morgan fingerprint density at radius 3 is 2.95 bits per heavy atom. The van der Waals surface area contributed by atoms with E-state index in [1.807, 2.05) is 12.1 Å². The molecule has 1 N–H and O–H groups in total. The van der Waals surface area contributed by atoms with Crippen LogP contribution >= 0.6 is 0 Å². The van der Waals surface area contributed by atoms with Crippen molar-refractivity contribution in [2.75, 3.05) is 6.61 Å². The van der Waals surface area contributed by atoms with Gasteiger partial charge in [-0.3, -0.25) is 4.79 Å². The second-order valence-corrected chi connectivity index (χ2v) is 5.05. The molecule has 0 aliphatic heterocycles. The van der Waals surface area contributed by atoms with E-state index in [0.29, 0.717) is 12.3 Å². The number of amides is 1. The Kier molecular flexibility index (Phi) is 5.72. The molecule has 1 aliphatic rings. The molecule has 3 nitrogen and oxygen atoms in total. The zero-order valence-corrected chi connectivity index (χ0v) is 11.7. The maximum atomic E-state index is 12.1. The number of hydrogen-bond donors (Lipinski definition) is 1. The largest absolute Gasteiger partial charge is 0.488 e. The smallest absolute Gasteiger partial charge is 0.272 e. The number of allylic oxidation sites excluding steroid dienone is 2. The molecule has 1 aromatic carbocycles. The van der Waals surface area contributed by atoms with Gasteiger partial charge in [-0.15, -0.1) is 0 Å². The van der Waals surface area contributed by atoms with E-state index in [0.717, 1.165) is 24.8 Å². The molecule has 21 heavy (non-hydrogen) atoms. The standard InChI is InChI=1S/C16H19F2NO2/c17-15(18)11-21-14-8-4-5-12(9-14)10-19-16(20)13-6-2-1-3-7-13/h1-2,4-5,8-9,13,15H,3,6-7,10-11H2,(H,19,20)/t13-/m1/s1. The van der Waals surface area contributed by atoms with Gasteiger partial charge in [0.05, 0.1) is 0 Å². The number of halogens is 2. The van der Waals surface area contributed by atoms with Gasteiger partial charge in [-0.25, -0.2) is 8.78 Å². The maximum Gasteiger partial charge on any atom is 0.272 e. The average Bonchev–Trinajstić information content (AvgIpc) is 2.52. The first-order valence-corrected chi connectivity index (χ1v) is 7.08. The average molecular weight is 295 g/mol. The van der Waals surface area contributed by atoms with Crippen molar-refractivity contribution in [1.82, 2.24) is 5.32 Å². The molecular formula is C16H19F2NO2. The Bertz CT molecular complexity index is 503. The molecule has 0 unspecified atom stereocenters. The number of nitrogens with one attached hydrogen (secondary N) is 1. The molecule has 0 spiro atoms. The zero-order chi connectivity index (χ0) is 15.1. The lowest BCUT2D eigenvalue weighted by atomic mass is 9.93. The first-order chi connectivity index (χ1) is 10.1. The van der Waals surface area contributed by atoms with Crippen molar-refractivity contribution in [3.05, 3.63) is 42.0 Å². The third kappa shape index (κ3) is 5.17. The van der Waals surface area contributed by atoms with Crippen LogP contribution in [-0.4, -0.2) is 18.9 Å². The van der Waals surface area contributed by atoms with E-state index in [4.69, 9.17) is 4.74 Å². The van der Waals surface area contributed by atoms with Gasteiger partial charge in [-0.2, -0.15) is 0 Å². The van der Waals surface area contributed by atoms with E-state index in [-0.39, 0.29) is 11.8 Å². The van der Waals surface area contributed by atoms with E-state index in [9.17, 15) is 13.6 Å². The van der Waals surface area contributed by atoms with Gasteiger partial charge in [0, 0.05) is 12.5 Å². The molecule has 1 aromatic rings. The number of rotatable bonds is 6. The molecule has 114 valence electrons. The molecule has 0 fully saturated rings. The fourth-order valence-electron chi connectivity index (χ4n) is 2.27. The molecule has 0 radical (unpaired) electrons. The topological polar surface area (TPSA) is 38.3 Å². The summed E-state index contributed by atoms with van der Waals surface area (Å²) in [5.41, 5.74) is 0.835. The van der Waals surface area contributed by atoms with Crippen LogP contribution in [0, 0.1) is 5.92 Å². The van der Waals surface area contributed by atoms with Crippen LogP contribution in [-0.2, 0) is 11.3 Å². The summed E-state index contributed by atoms with van der Waals surface area (Å²) in [5, 5.41) is 2.88. The van der Waals surface area contributed by atoms with E-state index in [1.165, 1.54) is 0 Å². The monoisotopic (exact) mass is 295 g/mol. The summed E-state index contributed by atoms with van der Waals surface area (Å²) in [7, 11) is 0. The lowest BCUT2D eigenvalue weighted by Gasteiger charge is -2.17. The van der Waals surface area contributed by atoms with Gasteiger partial charge in [0.15, 0.2) is 0 Å². The molecule has 2 rings (SSSR count). The highest BCUT2D eigenvalue weighted by Crippen LogP contribution is 2.19. The summed E-state index contributed by atoms with van der Waals surface area (Å²) in [5.74, 6) is 0.467. The van der Waals surface area contributed by atoms with Crippen LogP contribution in [0.3, 0.4) is 0 Å². The summed E-state index contributed by atoms with van der Waals surface area (Å²) < 4.78 is 29.1. The number of carbonyl (C=O) groups excluding carboxylic acids is 1. The van der Waals surface area contributed by atoms with E-state index in [1.54, 1.807) is 18.2 Å². The van der Waals surface area contributed by atoms with Crippen LogP contribution in [0.15, 0.2) is 36.4 Å². The number of carbonyl (C=O) groups is 1. The molecule has 1 amide bonds. The third-order valence-electron chi connectivity index (χ3n) is 3.38. The summed E-state index contributed by atoms with van der Waals surface area (Å²) in [6.07, 6.45) is 4.23. The lowest BCUT2D eigenvalue weighted by molar-refractivity contribution is -0.125. The van der Waals surface area contributed by atoms with Crippen molar-refractivity contribution in [2.45, 2.75) is 32.2 Å². The van der Waals surface area contributed by atoms with Crippen molar-refractivity contribution in [1.29, 1.82) is 0 Å². The van der Waals surface area contributed by atoms with Crippen molar-refractivity contribution in [2.24, 2.45) is 5.92 Å². The molecule has 0 aromatic heterocycles.